The summed E-state index contributed by atoms with van der Waals surface area (Å²) in [4.78, 5) is 0. The van der Waals surface area contributed by atoms with Crippen LogP contribution in [0.1, 0.15) is 13.8 Å². The third kappa shape index (κ3) is 2.10. The quantitative estimate of drug-likeness (QED) is 0.679. The van der Waals surface area contributed by atoms with Crippen LogP contribution in [0.3, 0.4) is 0 Å². The molecule has 0 saturated heterocycles. The molecule has 1 aromatic rings. The van der Waals surface area contributed by atoms with Crippen molar-refractivity contribution in [3.05, 3.63) is 0 Å². The van der Waals surface area contributed by atoms with Gasteiger partial charge in [0.25, 0.3) is 0 Å². The lowest BCUT2D eigenvalue weighted by Gasteiger charge is -1.93. The van der Waals surface area contributed by atoms with Gasteiger partial charge in [0.15, 0.2) is 0 Å². The van der Waals surface area contributed by atoms with Gasteiger partial charge in [0, 0.05) is 13.1 Å². The third-order valence-electron chi connectivity index (χ3n) is 1.08. The fraction of sp³-hybridized carbons (Fsp3) is 0.667. The lowest BCUT2D eigenvalue weighted by Crippen LogP contribution is -1.96. The number of hydrogen-bond donors (Lipinski definition) is 2. The van der Waals surface area contributed by atoms with Crippen molar-refractivity contribution in [3.8, 4) is 0 Å². The van der Waals surface area contributed by atoms with Crippen molar-refractivity contribution >= 4 is 12.0 Å². The zero-order valence-corrected chi connectivity index (χ0v) is 6.72. The van der Waals surface area contributed by atoms with E-state index in [0.717, 1.165) is 13.1 Å². The number of aromatic nitrogens is 2. The molecule has 0 aliphatic carbocycles. The van der Waals surface area contributed by atoms with Gasteiger partial charge in [0.2, 0.25) is 0 Å². The number of hydrogen-bond acceptors (Lipinski definition) is 5. The standard InChI is InChI=1S/C6H12N4O/c1-3-7-5-9-10-6(11-5)8-4-2/h3-4H2,1-2H3,(H,7,9)(H,8,10). The van der Waals surface area contributed by atoms with Gasteiger partial charge in [0.05, 0.1) is 0 Å². The molecule has 1 aromatic heterocycles. The van der Waals surface area contributed by atoms with Gasteiger partial charge in [0.1, 0.15) is 0 Å². The Kier molecular flexibility index (Phi) is 2.71. The first kappa shape index (κ1) is 7.84. The van der Waals surface area contributed by atoms with Gasteiger partial charge in [-0.05, 0) is 13.8 Å². The van der Waals surface area contributed by atoms with E-state index in [4.69, 9.17) is 4.42 Å². The molecule has 5 nitrogen and oxygen atoms in total. The highest BCUT2D eigenvalue weighted by molar-refractivity contribution is 5.25. The molecule has 0 saturated carbocycles. The second-order valence-corrected chi connectivity index (χ2v) is 1.97. The maximum absolute atomic E-state index is 5.12. The van der Waals surface area contributed by atoms with Gasteiger partial charge in [-0.15, -0.1) is 0 Å². The smallest absolute Gasteiger partial charge is 0.316 e. The van der Waals surface area contributed by atoms with Gasteiger partial charge in [-0.2, -0.15) is 0 Å². The average Bonchev–Trinajstić information content (AvgIpc) is 2.38. The van der Waals surface area contributed by atoms with E-state index < -0.39 is 0 Å². The molecule has 11 heavy (non-hydrogen) atoms. The Morgan fingerprint density at radius 2 is 1.55 bits per heavy atom. The van der Waals surface area contributed by atoms with Crippen molar-refractivity contribution in [1.82, 2.24) is 10.2 Å². The summed E-state index contributed by atoms with van der Waals surface area (Å²) in [7, 11) is 0. The largest absolute Gasteiger partial charge is 0.390 e. The lowest BCUT2D eigenvalue weighted by molar-refractivity contribution is 0.580. The maximum atomic E-state index is 5.12. The Labute approximate surface area is 65.2 Å². The summed E-state index contributed by atoms with van der Waals surface area (Å²) < 4.78 is 5.12. The Hall–Kier alpha value is -1.26. The fourth-order valence-corrected chi connectivity index (χ4v) is 0.669. The van der Waals surface area contributed by atoms with Crippen molar-refractivity contribution in [2.45, 2.75) is 13.8 Å². The molecule has 0 aliphatic rings. The molecule has 5 heteroatoms. The van der Waals surface area contributed by atoms with E-state index >= 15 is 0 Å². The summed E-state index contributed by atoms with van der Waals surface area (Å²) >= 11 is 0. The van der Waals surface area contributed by atoms with Gasteiger partial charge in [-0.1, -0.05) is 10.2 Å². The number of rotatable bonds is 4. The van der Waals surface area contributed by atoms with Crippen LogP contribution in [-0.2, 0) is 0 Å². The average molecular weight is 156 g/mol. The number of anilines is 2. The normalized spacial score (nSPS) is 9.64. The van der Waals surface area contributed by atoms with Gasteiger partial charge < -0.3 is 15.1 Å². The summed E-state index contributed by atoms with van der Waals surface area (Å²) in [5, 5.41) is 13.3. The third-order valence-corrected chi connectivity index (χ3v) is 1.08. The molecule has 0 radical (unpaired) electrons. The minimum atomic E-state index is 0.462. The number of nitrogens with one attached hydrogen (secondary N) is 2. The molecule has 0 atom stereocenters. The van der Waals surface area contributed by atoms with Crippen LogP contribution in [-0.4, -0.2) is 23.3 Å². The van der Waals surface area contributed by atoms with Gasteiger partial charge in [-0.3, -0.25) is 0 Å². The molecule has 0 aromatic carbocycles. The minimum absolute atomic E-state index is 0.462. The van der Waals surface area contributed by atoms with Crippen LogP contribution < -0.4 is 10.6 Å². The second kappa shape index (κ2) is 3.80. The van der Waals surface area contributed by atoms with Crippen LogP contribution in [0.4, 0.5) is 12.0 Å². The lowest BCUT2D eigenvalue weighted by atomic mass is 10.7. The molecule has 0 fully saturated rings. The van der Waals surface area contributed by atoms with E-state index in [0.29, 0.717) is 12.0 Å². The molecule has 0 bridgehead atoms. The molecule has 0 aliphatic heterocycles. The monoisotopic (exact) mass is 156 g/mol. The highest BCUT2D eigenvalue weighted by Crippen LogP contribution is 2.08. The fourth-order valence-electron chi connectivity index (χ4n) is 0.669. The Balaban J connectivity index is 2.51. The summed E-state index contributed by atoms with van der Waals surface area (Å²) in [6.45, 7) is 5.51. The second-order valence-electron chi connectivity index (χ2n) is 1.97. The van der Waals surface area contributed by atoms with Gasteiger partial charge in [-0.25, -0.2) is 0 Å². The molecule has 1 heterocycles. The molecule has 2 N–H and O–H groups in total. The topological polar surface area (TPSA) is 63.0 Å². The van der Waals surface area contributed by atoms with Crippen LogP contribution in [0, 0.1) is 0 Å². The van der Waals surface area contributed by atoms with Crippen LogP contribution in [0.25, 0.3) is 0 Å². The van der Waals surface area contributed by atoms with E-state index in [1.807, 2.05) is 13.8 Å². The minimum Gasteiger partial charge on any atom is -0.390 e. The zero-order chi connectivity index (χ0) is 8.10. The first-order valence-corrected chi connectivity index (χ1v) is 3.68. The molecule has 62 valence electrons. The van der Waals surface area contributed by atoms with E-state index in [-0.39, 0.29) is 0 Å². The maximum Gasteiger partial charge on any atom is 0.316 e. The van der Waals surface area contributed by atoms with Crippen molar-refractivity contribution in [3.63, 3.8) is 0 Å². The molecular weight excluding hydrogens is 144 g/mol. The molecular formula is C6H12N4O. The first-order valence-electron chi connectivity index (χ1n) is 3.68. The molecule has 0 spiro atoms. The zero-order valence-electron chi connectivity index (χ0n) is 6.72. The van der Waals surface area contributed by atoms with Crippen LogP contribution in [0.15, 0.2) is 4.42 Å². The van der Waals surface area contributed by atoms with Crippen molar-refractivity contribution < 1.29 is 4.42 Å². The summed E-state index contributed by atoms with van der Waals surface area (Å²) in [6.07, 6.45) is 0. The van der Waals surface area contributed by atoms with Crippen molar-refractivity contribution in [1.29, 1.82) is 0 Å². The van der Waals surface area contributed by atoms with E-state index in [9.17, 15) is 0 Å². The van der Waals surface area contributed by atoms with E-state index in [1.165, 1.54) is 0 Å². The highest BCUT2D eigenvalue weighted by atomic mass is 16.4. The van der Waals surface area contributed by atoms with Crippen LogP contribution in [0.2, 0.25) is 0 Å². The van der Waals surface area contributed by atoms with Crippen LogP contribution in [0.5, 0.6) is 0 Å². The Morgan fingerprint density at radius 3 is 1.91 bits per heavy atom. The first-order chi connectivity index (χ1) is 5.36. The highest BCUT2D eigenvalue weighted by Gasteiger charge is 2.00. The van der Waals surface area contributed by atoms with Crippen molar-refractivity contribution in [2.24, 2.45) is 0 Å². The Bertz CT molecular complexity index is 190. The molecule has 0 unspecified atom stereocenters. The summed E-state index contributed by atoms with van der Waals surface area (Å²) in [6, 6.07) is 0.923. The number of nitrogens with zero attached hydrogens (tertiary/aromatic N) is 2. The van der Waals surface area contributed by atoms with Gasteiger partial charge >= 0.3 is 12.0 Å². The SMILES string of the molecule is CCNc1nnc(NCC)o1. The predicted octanol–water partition coefficient (Wildman–Crippen LogP) is 0.933. The van der Waals surface area contributed by atoms with Crippen LogP contribution >= 0.6 is 0 Å². The predicted molar refractivity (Wildman–Crippen MR) is 42.6 cm³/mol. The molecule has 1 rings (SSSR count). The summed E-state index contributed by atoms with van der Waals surface area (Å²) in [5.74, 6) is 0. The van der Waals surface area contributed by atoms with E-state index in [2.05, 4.69) is 20.8 Å². The summed E-state index contributed by atoms with van der Waals surface area (Å²) in [5.41, 5.74) is 0. The van der Waals surface area contributed by atoms with E-state index in [1.54, 1.807) is 0 Å². The Morgan fingerprint density at radius 1 is 1.09 bits per heavy atom. The molecule has 0 amide bonds. The van der Waals surface area contributed by atoms with Crippen molar-refractivity contribution in [2.75, 3.05) is 23.7 Å².